The van der Waals surface area contributed by atoms with Crippen LogP contribution in [0.3, 0.4) is 0 Å². The topological polar surface area (TPSA) is 49.3 Å². The molecule has 0 spiro atoms. The molecule has 6 rings (SSSR count). The van der Waals surface area contributed by atoms with Crippen LogP contribution in [0.25, 0.3) is 0 Å². The van der Waals surface area contributed by atoms with Crippen molar-refractivity contribution in [2.45, 2.75) is 23.2 Å². The lowest BCUT2D eigenvalue weighted by Gasteiger charge is -2.38. The van der Waals surface area contributed by atoms with Crippen LogP contribution in [0, 0.1) is 12.8 Å². The van der Waals surface area contributed by atoms with Crippen LogP contribution in [0.2, 0.25) is 0 Å². The second-order valence-electron chi connectivity index (χ2n) is 9.45. The van der Waals surface area contributed by atoms with Crippen molar-refractivity contribution in [2.75, 3.05) is 21.3 Å². The fourth-order valence-corrected chi connectivity index (χ4v) is 6.74. The molecule has 0 N–H and O–H groups in total. The molecule has 0 saturated carbocycles. The molecule has 0 amide bonds. The van der Waals surface area contributed by atoms with Gasteiger partial charge in [-0.2, -0.15) is 0 Å². The molecule has 2 aliphatic rings. The summed E-state index contributed by atoms with van der Waals surface area (Å²) in [5.41, 5.74) is 6.45. The van der Waals surface area contributed by atoms with E-state index in [1.54, 1.807) is 21.3 Å². The summed E-state index contributed by atoms with van der Waals surface area (Å²) in [7, 11) is 5.02. The molecule has 3 unspecified atom stereocenters. The molecule has 192 valence electrons. The number of hydrogen-bond acceptors (Lipinski definition) is 6. The minimum atomic E-state index is -0.254. The molecule has 2 heterocycles. The lowest BCUT2D eigenvalue weighted by molar-refractivity contribution is 0.156. The maximum atomic E-state index is 6.80. The van der Waals surface area contributed by atoms with Gasteiger partial charge in [0.25, 0.3) is 0 Å². The van der Waals surface area contributed by atoms with Gasteiger partial charge in [-0.15, -0.1) is 11.8 Å². The second-order valence-corrected chi connectivity index (χ2v) is 10.6. The van der Waals surface area contributed by atoms with Crippen LogP contribution in [0.4, 0.5) is 5.69 Å². The Kier molecular flexibility index (Phi) is 6.50. The van der Waals surface area contributed by atoms with Gasteiger partial charge in [-0.3, -0.25) is 4.99 Å². The number of fused-ring (bicyclic) bond motifs is 4. The number of rotatable bonds is 5. The Morgan fingerprint density at radius 3 is 2.29 bits per heavy atom. The van der Waals surface area contributed by atoms with Gasteiger partial charge in [0.2, 0.25) is 0 Å². The minimum Gasteiger partial charge on any atom is -0.497 e. The average molecular weight is 524 g/mol. The summed E-state index contributed by atoms with van der Waals surface area (Å²) < 4.78 is 23.5. The van der Waals surface area contributed by atoms with Gasteiger partial charge in [0.1, 0.15) is 17.6 Å². The Bertz CT molecular complexity index is 1510. The molecule has 0 fully saturated rings. The maximum Gasteiger partial charge on any atom is 0.161 e. The molecule has 0 radical (unpaired) electrons. The van der Waals surface area contributed by atoms with E-state index in [2.05, 4.69) is 61.5 Å². The third kappa shape index (κ3) is 4.29. The van der Waals surface area contributed by atoms with Crippen LogP contribution in [0.5, 0.6) is 23.0 Å². The van der Waals surface area contributed by atoms with Gasteiger partial charge in [-0.1, -0.05) is 36.4 Å². The Labute approximate surface area is 227 Å². The monoisotopic (exact) mass is 523 g/mol. The first-order chi connectivity index (χ1) is 18.6. The van der Waals surface area contributed by atoms with Gasteiger partial charge in [0, 0.05) is 15.7 Å². The Morgan fingerprint density at radius 1 is 0.763 bits per heavy atom. The van der Waals surface area contributed by atoms with E-state index in [-0.39, 0.29) is 17.3 Å². The summed E-state index contributed by atoms with van der Waals surface area (Å²) in [4.78, 5) is 6.49. The third-order valence-corrected chi connectivity index (χ3v) is 8.58. The fourth-order valence-electron chi connectivity index (χ4n) is 5.27. The quantitative estimate of drug-likeness (QED) is 0.268. The third-order valence-electron chi connectivity index (χ3n) is 7.18. The Balaban J connectivity index is 1.59. The molecule has 4 aromatic carbocycles. The molecular weight excluding hydrogens is 494 g/mol. The highest BCUT2D eigenvalue weighted by molar-refractivity contribution is 7.99. The number of methoxy groups -OCH3 is 3. The normalized spacial score (nSPS) is 19.6. The highest BCUT2D eigenvalue weighted by Crippen LogP contribution is 2.56. The number of benzene rings is 4. The summed E-state index contributed by atoms with van der Waals surface area (Å²) in [6.07, 6.45) is -0.254. The van der Waals surface area contributed by atoms with Gasteiger partial charge in [0.05, 0.1) is 38.6 Å². The standard InChI is InChI=1S/C32H29NO4S/c1-19-9-15-24-28(17-19)38-32(21-12-16-26(35-3)27(18-21)36-4)29-30(33-24)23-7-5-6-8-25(23)37-31(29)20-10-13-22(34-2)14-11-20/h5-18,29,31-32H,1-4H3. The van der Waals surface area contributed by atoms with E-state index >= 15 is 0 Å². The molecule has 0 saturated heterocycles. The summed E-state index contributed by atoms with van der Waals surface area (Å²) in [5, 5.41) is -0.00272. The maximum absolute atomic E-state index is 6.80. The lowest BCUT2D eigenvalue weighted by Crippen LogP contribution is -2.35. The zero-order chi connectivity index (χ0) is 26.2. The summed E-state index contributed by atoms with van der Waals surface area (Å²) >= 11 is 1.83. The van der Waals surface area contributed by atoms with Crippen molar-refractivity contribution in [1.82, 2.24) is 0 Å². The molecule has 0 aromatic heterocycles. The van der Waals surface area contributed by atoms with Crippen LogP contribution in [0.1, 0.15) is 33.6 Å². The molecule has 38 heavy (non-hydrogen) atoms. The van der Waals surface area contributed by atoms with Crippen molar-refractivity contribution in [1.29, 1.82) is 0 Å². The predicted octanol–water partition coefficient (Wildman–Crippen LogP) is 7.74. The van der Waals surface area contributed by atoms with Crippen molar-refractivity contribution < 1.29 is 18.9 Å². The van der Waals surface area contributed by atoms with Crippen LogP contribution < -0.4 is 18.9 Å². The molecule has 2 aliphatic heterocycles. The van der Waals surface area contributed by atoms with E-state index in [1.165, 1.54) is 5.56 Å². The van der Waals surface area contributed by atoms with Crippen molar-refractivity contribution in [3.63, 3.8) is 0 Å². The van der Waals surface area contributed by atoms with Gasteiger partial charge < -0.3 is 18.9 Å². The minimum absolute atomic E-state index is 0.00272. The number of aliphatic imine (C=N–C) groups is 1. The molecular formula is C32H29NO4S. The number of nitrogens with zero attached hydrogens (tertiary/aromatic N) is 1. The molecule has 6 heteroatoms. The summed E-state index contributed by atoms with van der Waals surface area (Å²) in [6, 6.07) is 29.0. The van der Waals surface area contributed by atoms with Crippen molar-refractivity contribution >= 4 is 23.2 Å². The molecule has 4 aromatic rings. The van der Waals surface area contributed by atoms with Crippen molar-refractivity contribution in [2.24, 2.45) is 10.9 Å². The first-order valence-corrected chi connectivity index (χ1v) is 13.5. The molecule has 3 atom stereocenters. The lowest BCUT2D eigenvalue weighted by atomic mass is 9.80. The van der Waals surface area contributed by atoms with E-state index in [0.717, 1.165) is 44.5 Å². The van der Waals surface area contributed by atoms with Gasteiger partial charge in [-0.25, -0.2) is 0 Å². The number of thioether (sulfide) groups is 1. The van der Waals surface area contributed by atoms with Gasteiger partial charge in [0.15, 0.2) is 11.5 Å². The summed E-state index contributed by atoms with van der Waals surface area (Å²) in [6.45, 7) is 2.12. The molecule has 5 nitrogen and oxygen atoms in total. The van der Waals surface area contributed by atoms with E-state index in [4.69, 9.17) is 23.9 Å². The van der Waals surface area contributed by atoms with Crippen molar-refractivity contribution in [3.8, 4) is 23.0 Å². The highest BCUT2D eigenvalue weighted by atomic mass is 32.2. The van der Waals surface area contributed by atoms with Crippen LogP contribution >= 0.6 is 11.8 Å². The molecule has 0 aliphatic carbocycles. The first kappa shape index (κ1) is 24.4. The highest BCUT2D eigenvalue weighted by Gasteiger charge is 2.44. The molecule has 0 bridgehead atoms. The Morgan fingerprint density at radius 2 is 1.53 bits per heavy atom. The van der Waals surface area contributed by atoms with Crippen molar-refractivity contribution in [3.05, 3.63) is 107 Å². The van der Waals surface area contributed by atoms with E-state index in [9.17, 15) is 0 Å². The zero-order valence-electron chi connectivity index (χ0n) is 21.8. The zero-order valence-corrected chi connectivity index (χ0v) is 22.6. The van der Waals surface area contributed by atoms with E-state index in [0.29, 0.717) is 11.5 Å². The van der Waals surface area contributed by atoms with Gasteiger partial charge in [-0.05, 0) is 72.1 Å². The fraction of sp³-hybridized carbons (Fsp3) is 0.219. The number of para-hydroxylation sites is 1. The van der Waals surface area contributed by atoms with Gasteiger partial charge >= 0.3 is 0 Å². The predicted molar refractivity (Wildman–Crippen MR) is 152 cm³/mol. The van der Waals surface area contributed by atoms with Crippen LogP contribution in [-0.4, -0.2) is 27.0 Å². The van der Waals surface area contributed by atoms with E-state index < -0.39 is 0 Å². The first-order valence-electron chi connectivity index (χ1n) is 12.6. The Hall–Kier alpha value is -3.90. The second kappa shape index (κ2) is 10.1. The van der Waals surface area contributed by atoms with Crippen LogP contribution in [0.15, 0.2) is 94.8 Å². The smallest absolute Gasteiger partial charge is 0.161 e. The summed E-state index contributed by atoms with van der Waals surface area (Å²) in [5.74, 6) is 2.99. The van der Waals surface area contributed by atoms with Crippen LogP contribution in [-0.2, 0) is 0 Å². The number of ether oxygens (including phenoxy) is 4. The SMILES string of the molecule is COc1ccc(C2Oc3ccccc3C3=Nc4ccc(C)cc4SC(c4ccc(OC)c(OC)c4)C32)cc1. The van der Waals surface area contributed by atoms with E-state index in [1.807, 2.05) is 42.1 Å². The average Bonchev–Trinajstić information content (AvgIpc) is 3.13. The number of hydrogen-bond donors (Lipinski definition) is 0. The largest absolute Gasteiger partial charge is 0.497 e. The number of aryl methyl sites for hydroxylation is 1.